The second kappa shape index (κ2) is 10.6. The Labute approximate surface area is 152 Å². The van der Waals surface area contributed by atoms with E-state index in [2.05, 4.69) is 32.2 Å². The van der Waals surface area contributed by atoms with Gasteiger partial charge in [0.25, 0.3) is 5.91 Å². The number of carbonyl (C=O) groups is 1. The molecule has 0 unspecified atom stereocenters. The summed E-state index contributed by atoms with van der Waals surface area (Å²) >= 11 is 0. The highest BCUT2D eigenvalue weighted by Gasteiger charge is 2.22. The van der Waals surface area contributed by atoms with Gasteiger partial charge in [-0.3, -0.25) is 4.79 Å². The van der Waals surface area contributed by atoms with Gasteiger partial charge >= 0.3 is 0 Å². The maximum Gasteiger partial charge on any atom is 0.260 e. The van der Waals surface area contributed by atoms with Crippen LogP contribution in [0.25, 0.3) is 0 Å². The summed E-state index contributed by atoms with van der Waals surface area (Å²) in [5.74, 6) is 2.04. The van der Waals surface area contributed by atoms with Gasteiger partial charge in [-0.25, -0.2) is 0 Å². The molecule has 1 fully saturated rings. The minimum Gasteiger partial charge on any atom is -0.484 e. The van der Waals surface area contributed by atoms with Crippen LogP contribution in [-0.2, 0) is 4.79 Å². The molecule has 1 aromatic rings. The Balaban J connectivity index is 0.00000288. The van der Waals surface area contributed by atoms with Crippen molar-refractivity contribution in [2.45, 2.75) is 39.5 Å². The molecular weight excluding hydrogens is 324 g/mol. The molecule has 0 bridgehead atoms. The molecule has 2 rings (SSSR count). The first-order valence-corrected chi connectivity index (χ1v) is 8.81. The van der Waals surface area contributed by atoms with Crippen molar-refractivity contribution in [1.82, 2.24) is 10.2 Å². The summed E-state index contributed by atoms with van der Waals surface area (Å²) in [5.41, 5.74) is 1.24. The number of halogens is 1. The number of hydrogen-bond acceptors (Lipinski definition) is 3. The molecule has 1 amide bonds. The lowest BCUT2D eigenvalue weighted by molar-refractivity contribution is -0.134. The summed E-state index contributed by atoms with van der Waals surface area (Å²) < 4.78 is 5.70. The van der Waals surface area contributed by atoms with Gasteiger partial charge < -0.3 is 15.0 Å². The van der Waals surface area contributed by atoms with Crippen LogP contribution in [0.5, 0.6) is 5.75 Å². The third kappa shape index (κ3) is 6.33. The molecule has 1 aliphatic rings. The van der Waals surface area contributed by atoms with Gasteiger partial charge in [0.1, 0.15) is 5.75 Å². The molecule has 1 aliphatic heterocycles. The number of piperidine rings is 1. The molecular formula is C19H31ClN2O2. The minimum absolute atomic E-state index is 0. The zero-order valence-electron chi connectivity index (χ0n) is 15.1. The summed E-state index contributed by atoms with van der Waals surface area (Å²) in [6.07, 6.45) is 2.17. The Kier molecular flexibility index (Phi) is 9.16. The van der Waals surface area contributed by atoms with Crippen molar-refractivity contribution in [3.63, 3.8) is 0 Å². The van der Waals surface area contributed by atoms with E-state index in [1.807, 2.05) is 23.1 Å². The lowest BCUT2D eigenvalue weighted by Crippen LogP contribution is -2.42. The smallest absolute Gasteiger partial charge is 0.260 e. The van der Waals surface area contributed by atoms with Gasteiger partial charge in [0.2, 0.25) is 0 Å². The van der Waals surface area contributed by atoms with E-state index in [1.165, 1.54) is 5.56 Å². The molecule has 0 spiro atoms. The van der Waals surface area contributed by atoms with Crippen molar-refractivity contribution >= 4 is 18.3 Å². The molecule has 0 aliphatic carbocycles. The zero-order valence-corrected chi connectivity index (χ0v) is 15.9. The SMILES string of the molecule is CCNCC1CCN(C(=O)COc2cccc(C(C)C)c2)CC1.Cl. The number of benzene rings is 1. The summed E-state index contributed by atoms with van der Waals surface area (Å²) in [6.45, 7) is 10.4. The standard InChI is InChI=1S/C19H30N2O2.ClH/c1-4-20-13-16-8-10-21(11-9-16)19(22)14-23-18-7-5-6-17(12-18)15(2)3;/h5-7,12,15-16,20H,4,8-11,13-14H2,1-3H3;1H. The largest absolute Gasteiger partial charge is 0.484 e. The van der Waals surface area contributed by atoms with E-state index < -0.39 is 0 Å². The fraction of sp³-hybridized carbons (Fsp3) is 0.632. The average Bonchev–Trinajstić information content (AvgIpc) is 2.58. The predicted molar refractivity (Wildman–Crippen MR) is 101 cm³/mol. The van der Waals surface area contributed by atoms with E-state index in [0.717, 1.165) is 44.8 Å². The number of nitrogens with zero attached hydrogens (tertiary/aromatic N) is 1. The third-order valence-electron chi connectivity index (χ3n) is 4.54. The van der Waals surface area contributed by atoms with Crippen molar-refractivity contribution in [1.29, 1.82) is 0 Å². The first-order valence-electron chi connectivity index (χ1n) is 8.81. The van der Waals surface area contributed by atoms with Crippen LogP contribution in [0.2, 0.25) is 0 Å². The van der Waals surface area contributed by atoms with Crippen LogP contribution in [0.3, 0.4) is 0 Å². The Morgan fingerprint density at radius 2 is 2.04 bits per heavy atom. The number of nitrogens with one attached hydrogen (secondary N) is 1. The molecule has 136 valence electrons. The van der Waals surface area contributed by atoms with Crippen LogP contribution in [0, 0.1) is 5.92 Å². The minimum atomic E-state index is 0. The summed E-state index contributed by atoms with van der Waals surface area (Å²) in [6, 6.07) is 8.03. The van der Waals surface area contributed by atoms with Gasteiger partial charge in [-0.2, -0.15) is 0 Å². The van der Waals surface area contributed by atoms with E-state index in [1.54, 1.807) is 0 Å². The normalized spacial score (nSPS) is 15.2. The third-order valence-corrected chi connectivity index (χ3v) is 4.54. The number of rotatable bonds is 7. The van der Waals surface area contributed by atoms with Crippen molar-refractivity contribution in [2.75, 3.05) is 32.8 Å². The predicted octanol–water partition coefficient (Wildman–Crippen LogP) is 3.46. The highest BCUT2D eigenvalue weighted by molar-refractivity contribution is 5.85. The molecule has 5 heteroatoms. The molecule has 0 atom stereocenters. The van der Waals surface area contributed by atoms with Crippen molar-refractivity contribution in [3.8, 4) is 5.75 Å². The van der Waals surface area contributed by atoms with Gasteiger partial charge in [0.05, 0.1) is 0 Å². The summed E-state index contributed by atoms with van der Waals surface area (Å²) in [4.78, 5) is 14.2. The van der Waals surface area contributed by atoms with Gasteiger partial charge in [-0.05, 0) is 55.5 Å². The number of hydrogen-bond donors (Lipinski definition) is 1. The summed E-state index contributed by atoms with van der Waals surface area (Å²) in [5, 5.41) is 3.39. The van der Waals surface area contributed by atoms with Crippen LogP contribution in [0.15, 0.2) is 24.3 Å². The highest BCUT2D eigenvalue weighted by Crippen LogP contribution is 2.21. The lowest BCUT2D eigenvalue weighted by Gasteiger charge is -2.32. The maximum absolute atomic E-state index is 12.3. The molecule has 24 heavy (non-hydrogen) atoms. The van der Waals surface area contributed by atoms with Crippen LogP contribution in [0.4, 0.5) is 0 Å². The van der Waals surface area contributed by atoms with Crippen LogP contribution < -0.4 is 10.1 Å². The van der Waals surface area contributed by atoms with Gasteiger partial charge in [-0.15, -0.1) is 12.4 Å². The van der Waals surface area contributed by atoms with Gasteiger partial charge in [-0.1, -0.05) is 32.9 Å². The van der Waals surface area contributed by atoms with Crippen molar-refractivity contribution < 1.29 is 9.53 Å². The first kappa shape index (κ1) is 20.8. The van der Waals surface area contributed by atoms with E-state index in [0.29, 0.717) is 11.8 Å². The van der Waals surface area contributed by atoms with Crippen LogP contribution in [0.1, 0.15) is 45.1 Å². The fourth-order valence-corrected chi connectivity index (χ4v) is 2.93. The van der Waals surface area contributed by atoms with Gasteiger partial charge in [0.15, 0.2) is 6.61 Å². The van der Waals surface area contributed by atoms with Crippen molar-refractivity contribution in [2.24, 2.45) is 5.92 Å². The quantitative estimate of drug-likeness (QED) is 0.815. The molecule has 1 heterocycles. The van der Waals surface area contributed by atoms with Crippen LogP contribution >= 0.6 is 12.4 Å². The monoisotopic (exact) mass is 354 g/mol. The summed E-state index contributed by atoms with van der Waals surface area (Å²) in [7, 11) is 0. The Morgan fingerprint density at radius 3 is 2.67 bits per heavy atom. The molecule has 1 aromatic carbocycles. The van der Waals surface area contributed by atoms with E-state index >= 15 is 0 Å². The molecule has 1 N–H and O–H groups in total. The molecule has 0 aromatic heterocycles. The number of likely N-dealkylation sites (tertiary alicyclic amines) is 1. The van der Waals surface area contributed by atoms with E-state index in [4.69, 9.17) is 4.74 Å². The molecule has 1 saturated heterocycles. The Morgan fingerprint density at radius 1 is 1.33 bits per heavy atom. The zero-order chi connectivity index (χ0) is 16.7. The number of carbonyl (C=O) groups excluding carboxylic acids is 1. The van der Waals surface area contributed by atoms with Crippen LogP contribution in [-0.4, -0.2) is 43.6 Å². The second-order valence-electron chi connectivity index (χ2n) is 6.65. The Hall–Kier alpha value is -1.26. The fourth-order valence-electron chi connectivity index (χ4n) is 2.93. The van der Waals surface area contributed by atoms with Crippen molar-refractivity contribution in [3.05, 3.63) is 29.8 Å². The second-order valence-corrected chi connectivity index (χ2v) is 6.65. The maximum atomic E-state index is 12.3. The van der Waals surface area contributed by atoms with E-state index in [-0.39, 0.29) is 24.9 Å². The topological polar surface area (TPSA) is 41.6 Å². The first-order chi connectivity index (χ1) is 11.1. The molecule has 4 nitrogen and oxygen atoms in total. The molecule has 0 radical (unpaired) electrons. The average molecular weight is 355 g/mol. The number of amides is 1. The number of ether oxygens (including phenoxy) is 1. The Bertz CT molecular complexity index is 500. The van der Waals surface area contributed by atoms with E-state index in [9.17, 15) is 4.79 Å². The lowest BCUT2D eigenvalue weighted by atomic mass is 9.97. The van der Waals surface area contributed by atoms with Gasteiger partial charge in [0, 0.05) is 13.1 Å². The highest BCUT2D eigenvalue weighted by atomic mass is 35.5. The molecule has 0 saturated carbocycles.